The molecule has 0 bridgehead atoms. The van der Waals surface area contributed by atoms with Gasteiger partial charge in [0.15, 0.2) is 5.96 Å². The number of nitrogens with zero attached hydrogens (tertiary/aromatic N) is 4. The number of aliphatic imine (C=N–C) groups is 1. The zero-order valence-corrected chi connectivity index (χ0v) is 22.5. The minimum absolute atomic E-state index is 0. The second kappa shape index (κ2) is 15.1. The summed E-state index contributed by atoms with van der Waals surface area (Å²) in [6.45, 7) is 11.4. The van der Waals surface area contributed by atoms with Gasteiger partial charge in [-0.1, -0.05) is 36.4 Å². The van der Waals surface area contributed by atoms with Crippen molar-refractivity contribution in [1.82, 2.24) is 20.5 Å². The van der Waals surface area contributed by atoms with Crippen LogP contribution >= 0.6 is 24.0 Å². The van der Waals surface area contributed by atoms with Crippen molar-refractivity contribution in [1.29, 1.82) is 0 Å². The van der Waals surface area contributed by atoms with Gasteiger partial charge in [-0.2, -0.15) is 0 Å². The first-order valence-corrected chi connectivity index (χ1v) is 11.7. The molecule has 1 aliphatic rings. The number of rotatable bonds is 10. The first-order valence-electron chi connectivity index (χ1n) is 11.7. The maximum absolute atomic E-state index is 5.95. The topological polar surface area (TPSA) is 65.0 Å². The number of hydrogen-bond donors (Lipinski definition) is 2. The summed E-state index contributed by atoms with van der Waals surface area (Å²) in [6.07, 6.45) is 2.97. The number of nitrogens with one attached hydrogen (secondary N) is 2. The summed E-state index contributed by atoms with van der Waals surface area (Å²) < 4.78 is 5.95. The van der Waals surface area contributed by atoms with Gasteiger partial charge in [0.25, 0.3) is 0 Å². The molecule has 2 heterocycles. The Labute approximate surface area is 216 Å². The van der Waals surface area contributed by atoms with Gasteiger partial charge < -0.3 is 25.2 Å². The van der Waals surface area contributed by atoms with E-state index >= 15 is 0 Å². The monoisotopic (exact) mass is 566 g/mol. The lowest BCUT2D eigenvalue weighted by atomic mass is 10.1. The molecule has 1 saturated heterocycles. The maximum Gasteiger partial charge on any atom is 0.191 e. The van der Waals surface area contributed by atoms with Crippen LogP contribution in [0.5, 0.6) is 0 Å². The van der Waals surface area contributed by atoms with Crippen LogP contribution in [0.15, 0.2) is 53.7 Å². The minimum atomic E-state index is 0. The lowest BCUT2D eigenvalue weighted by Crippen LogP contribution is -2.44. The summed E-state index contributed by atoms with van der Waals surface area (Å²) in [7, 11) is 2.17. The van der Waals surface area contributed by atoms with Crippen LogP contribution in [-0.4, -0.2) is 68.8 Å². The van der Waals surface area contributed by atoms with Gasteiger partial charge >= 0.3 is 0 Å². The van der Waals surface area contributed by atoms with Crippen molar-refractivity contribution in [2.45, 2.75) is 32.9 Å². The fraction of sp³-hybridized carbons (Fsp3) is 0.520. The molecular weight excluding hydrogens is 527 g/mol. The number of pyridine rings is 1. The van der Waals surface area contributed by atoms with E-state index in [4.69, 9.17) is 9.73 Å². The van der Waals surface area contributed by atoms with Crippen molar-refractivity contribution in [3.63, 3.8) is 0 Å². The number of benzene rings is 1. The van der Waals surface area contributed by atoms with E-state index < -0.39 is 0 Å². The van der Waals surface area contributed by atoms with Gasteiger partial charge in [-0.15, -0.1) is 24.0 Å². The molecule has 0 aliphatic carbocycles. The number of ether oxygens (including phenoxy) is 1. The summed E-state index contributed by atoms with van der Waals surface area (Å²) >= 11 is 0. The molecule has 1 fully saturated rings. The molecule has 7 nitrogen and oxygen atoms in total. The van der Waals surface area contributed by atoms with Crippen molar-refractivity contribution in [3.8, 4) is 0 Å². The average Bonchev–Trinajstić information content (AvgIpc) is 2.83. The SMILES string of the molecule is CCNC(=NCc1ccc(N2CCN(C)CC2)nc1)NCCCOC(C)c1ccccc1.I. The summed E-state index contributed by atoms with van der Waals surface area (Å²) in [5.41, 5.74) is 2.32. The number of anilines is 1. The Hall–Kier alpha value is -1.91. The van der Waals surface area contributed by atoms with Crippen molar-refractivity contribution in [2.24, 2.45) is 4.99 Å². The second-order valence-corrected chi connectivity index (χ2v) is 8.21. The highest BCUT2D eigenvalue weighted by Crippen LogP contribution is 2.16. The Morgan fingerprint density at radius 3 is 2.52 bits per heavy atom. The van der Waals surface area contributed by atoms with Crippen molar-refractivity contribution >= 4 is 35.8 Å². The molecule has 1 aliphatic heterocycles. The van der Waals surface area contributed by atoms with Crippen molar-refractivity contribution in [2.75, 3.05) is 57.8 Å². The molecule has 2 N–H and O–H groups in total. The summed E-state index contributed by atoms with van der Waals surface area (Å²) in [4.78, 5) is 14.1. The van der Waals surface area contributed by atoms with Gasteiger partial charge in [0.1, 0.15) is 5.82 Å². The van der Waals surface area contributed by atoms with E-state index in [0.717, 1.165) is 63.0 Å². The van der Waals surface area contributed by atoms with E-state index in [-0.39, 0.29) is 30.1 Å². The number of aromatic nitrogens is 1. The van der Waals surface area contributed by atoms with Crippen molar-refractivity contribution < 1.29 is 4.74 Å². The van der Waals surface area contributed by atoms with E-state index in [1.807, 2.05) is 24.4 Å². The molecular formula is C25H39IN6O. The maximum atomic E-state index is 5.95. The molecule has 3 rings (SSSR count). The number of hydrogen-bond acceptors (Lipinski definition) is 5. The van der Waals surface area contributed by atoms with Gasteiger partial charge in [-0.05, 0) is 44.5 Å². The fourth-order valence-corrected chi connectivity index (χ4v) is 3.60. The third-order valence-electron chi connectivity index (χ3n) is 5.65. The molecule has 0 radical (unpaired) electrons. The van der Waals surface area contributed by atoms with Crippen LogP contribution in [0.25, 0.3) is 0 Å². The normalized spacial score (nSPS) is 15.6. The molecule has 1 unspecified atom stereocenters. The third-order valence-corrected chi connectivity index (χ3v) is 5.65. The molecule has 33 heavy (non-hydrogen) atoms. The van der Waals surface area contributed by atoms with E-state index in [1.165, 1.54) is 5.56 Å². The van der Waals surface area contributed by atoms with E-state index in [2.05, 4.69) is 70.6 Å². The Balaban J connectivity index is 0.00000385. The highest BCUT2D eigenvalue weighted by Gasteiger charge is 2.14. The molecule has 0 saturated carbocycles. The molecule has 2 aromatic rings. The Kier molecular flexibility index (Phi) is 12.5. The quantitative estimate of drug-likeness (QED) is 0.198. The smallest absolute Gasteiger partial charge is 0.191 e. The van der Waals surface area contributed by atoms with E-state index in [0.29, 0.717) is 13.2 Å². The molecule has 1 aromatic heterocycles. The fourth-order valence-electron chi connectivity index (χ4n) is 3.60. The highest BCUT2D eigenvalue weighted by atomic mass is 127. The zero-order chi connectivity index (χ0) is 22.6. The van der Waals surface area contributed by atoms with Gasteiger partial charge in [-0.3, -0.25) is 0 Å². The van der Waals surface area contributed by atoms with Gasteiger partial charge in [0.05, 0.1) is 12.6 Å². The standard InChI is InChI=1S/C25H38N6O.HI/c1-4-26-25(27-13-8-18-32-21(2)23-9-6-5-7-10-23)29-20-22-11-12-24(28-19-22)31-16-14-30(3)15-17-31;/h5-7,9-12,19,21H,4,8,13-18,20H2,1-3H3,(H2,26,27,29);1H. The number of halogens is 1. The summed E-state index contributed by atoms with van der Waals surface area (Å²) in [5, 5.41) is 6.71. The van der Waals surface area contributed by atoms with Crippen LogP contribution < -0.4 is 15.5 Å². The number of likely N-dealkylation sites (N-methyl/N-ethyl adjacent to an activating group) is 1. The Morgan fingerprint density at radius 1 is 1.09 bits per heavy atom. The van der Waals surface area contributed by atoms with Gasteiger partial charge in [0, 0.05) is 52.1 Å². The lowest BCUT2D eigenvalue weighted by Gasteiger charge is -2.33. The van der Waals surface area contributed by atoms with Gasteiger partial charge in [-0.25, -0.2) is 9.98 Å². The van der Waals surface area contributed by atoms with Crippen LogP contribution in [0, 0.1) is 0 Å². The predicted molar refractivity (Wildman–Crippen MR) is 148 cm³/mol. The van der Waals surface area contributed by atoms with Crippen LogP contribution in [-0.2, 0) is 11.3 Å². The number of guanidine groups is 1. The first-order chi connectivity index (χ1) is 15.7. The first kappa shape index (κ1) is 27.3. The zero-order valence-electron chi connectivity index (χ0n) is 20.2. The average molecular weight is 567 g/mol. The summed E-state index contributed by atoms with van der Waals surface area (Å²) in [6, 6.07) is 14.6. The summed E-state index contributed by atoms with van der Waals surface area (Å²) in [5.74, 6) is 1.88. The molecule has 1 aromatic carbocycles. The second-order valence-electron chi connectivity index (χ2n) is 8.21. The van der Waals surface area contributed by atoms with E-state index in [1.54, 1.807) is 0 Å². The molecule has 8 heteroatoms. The van der Waals surface area contributed by atoms with E-state index in [9.17, 15) is 0 Å². The van der Waals surface area contributed by atoms with Crippen molar-refractivity contribution in [3.05, 3.63) is 59.8 Å². The Morgan fingerprint density at radius 2 is 1.85 bits per heavy atom. The lowest BCUT2D eigenvalue weighted by molar-refractivity contribution is 0.0646. The van der Waals surface area contributed by atoms with Crippen LogP contribution in [0.3, 0.4) is 0 Å². The highest BCUT2D eigenvalue weighted by molar-refractivity contribution is 14.0. The molecule has 0 spiro atoms. The Bertz CT molecular complexity index is 809. The van der Waals surface area contributed by atoms with Crippen LogP contribution in [0.1, 0.15) is 37.5 Å². The van der Waals surface area contributed by atoms with Crippen LogP contribution in [0.4, 0.5) is 5.82 Å². The third kappa shape index (κ3) is 9.46. The number of piperazine rings is 1. The molecule has 182 valence electrons. The van der Waals surface area contributed by atoms with Gasteiger partial charge in [0.2, 0.25) is 0 Å². The molecule has 1 atom stereocenters. The predicted octanol–water partition coefficient (Wildman–Crippen LogP) is 3.67. The molecule has 0 amide bonds. The minimum Gasteiger partial charge on any atom is -0.374 e. The largest absolute Gasteiger partial charge is 0.374 e. The van der Waals surface area contributed by atoms with Crippen LogP contribution in [0.2, 0.25) is 0 Å².